The molecule has 0 spiro atoms. The molecule has 3 heteroatoms. The summed E-state index contributed by atoms with van der Waals surface area (Å²) in [5, 5.41) is 9.32. The molecule has 0 saturated heterocycles. The molecule has 1 fully saturated rings. The smallest absolute Gasteiger partial charge is 0.319 e. The number of hydrogen-bond acceptors (Lipinski definition) is 2. The third-order valence-corrected chi connectivity index (χ3v) is 4.40. The van der Waals surface area contributed by atoms with E-state index in [1.807, 2.05) is 6.92 Å². The van der Waals surface area contributed by atoms with E-state index < -0.39 is 10.7 Å². The Labute approximate surface area is 90.5 Å². The van der Waals surface area contributed by atoms with Gasteiger partial charge in [0.2, 0.25) is 0 Å². The SMILES string of the molecule is CCSC1(C(=O)O)CCCCCCC1. The molecule has 1 aliphatic carbocycles. The lowest BCUT2D eigenvalue weighted by Gasteiger charge is -2.30. The maximum atomic E-state index is 11.3. The quantitative estimate of drug-likeness (QED) is 0.786. The molecule has 1 N–H and O–H groups in total. The Morgan fingerprint density at radius 1 is 1.21 bits per heavy atom. The van der Waals surface area contributed by atoms with Crippen molar-refractivity contribution >= 4 is 17.7 Å². The Hall–Kier alpha value is -0.180. The standard InChI is InChI=1S/C11H20O2S/c1-2-14-11(10(12)13)8-6-4-3-5-7-9-11/h2-9H2,1H3,(H,12,13). The van der Waals surface area contributed by atoms with Crippen LogP contribution in [0, 0.1) is 0 Å². The number of hydrogen-bond donors (Lipinski definition) is 1. The summed E-state index contributed by atoms with van der Waals surface area (Å²) in [6.45, 7) is 2.05. The largest absolute Gasteiger partial charge is 0.480 e. The third-order valence-electron chi connectivity index (χ3n) is 2.97. The number of carboxylic acid groups (broad SMARTS) is 1. The second-order valence-corrected chi connectivity index (χ2v) is 5.65. The predicted molar refractivity (Wildman–Crippen MR) is 60.8 cm³/mol. The lowest BCUT2D eigenvalue weighted by molar-refractivity contribution is -0.140. The van der Waals surface area contributed by atoms with Crippen molar-refractivity contribution in [2.45, 2.75) is 56.6 Å². The Morgan fingerprint density at radius 2 is 1.71 bits per heavy atom. The Morgan fingerprint density at radius 3 is 2.14 bits per heavy atom. The fourth-order valence-corrected chi connectivity index (χ4v) is 3.43. The molecular weight excluding hydrogens is 196 g/mol. The van der Waals surface area contributed by atoms with E-state index in [2.05, 4.69) is 0 Å². The van der Waals surface area contributed by atoms with Crippen molar-refractivity contribution in [1.29, 1.82) is 0 Å². The van der Waals surface area contributed by atoms with E-state index in [0.29, 0.717) is 0 Å². The van der Waals surface area contributed by atoms with Crippen LogP contribution in [0.4, 0.5) is 0 Å². The van der Waals surface area contributed by atoms with Gasteiger partial charge in [0.15, 0.2) is 0 Å². The van der Waals surface area contributed by atoms with Gasteiger partial charge in [0.1, 0.15) is 4.75 Å². The van der Waals surface area contributed by atoms with Crippen molar-refractivity contribution in [2.24, 2.45) is 0 Å². The first kappa shape index (κ1) is 11.9. The molecule has 0 heterocycles. The summed E-state index contributed by atoms with van der Waals surface area (Å²) in [7, 11) is 0. The van der Waals surface area contributed by atoms with Gasteiger partial charge in [0.25, 0.3) is 0 Å². The van der Waals surface area contributed by atoms with E-state index in [-0.39, 0.29) is 0 Å². The van der Waals surface area contributed by atoms with Crippen molar-refractivity contribution in [3.05, 3.63) is 0 Å². The third kappa shape index (κ3) is 2.91. The maximum Gasteiger partial charge on any atom is 0.319 e. The minimum Gasteiger partial charge on any atom is -0.480 e. The predicted octanol–water partition coefficient (Wildman–Crippen LogP) is 3.31. The molecule has 0 aromatic heterocycles. The van der Waals surface area contributed by atoms with E-state index >= 15 is 0 Å². The zero-order valence-corrected chi connectivity index (χ0v) is 9.74. The summed E-state index contributed by atoms with van der Waals surface area (Å²) >= 11 is 1.63. The van der Waals surface area contributed by atoms with Crippen LogP contribution < -0.4 is 0 Å². The van der Waals surface area contributed by atoms with Gasteiger partial charge in [0, 0.05) is 0 Å². The van der Waals surface area contributed by atoms with E-state index in [1.54, 1.807) is 11.8 Å². The number of aliphatic carboxylic acids is 1. The average Bonchev–Trinajstić information content (AvgIpc) is 2.09. The van der Waals surface area contributed by atoms with Crippen LogP contribution in [0.1, 0.15) is 51.9 Å². The molecule has 0 aromatic carbocycles. The second kappa shape index (κ2) is 5.64. The van der Waals surface area contributed by atoms with Crippen LogP contribution in [-0.4, -0.2) is 21.6 Å². The summed E-state index contributed by atoms with van der Waals surface area (Å²) in [5.41, 5.74) is 0. The van der Waals surface area contributed by atoms with Crippen molar-refractivity contribution in [2.75, 3.05) is 5.75 Å². The van der Waals surface area contributed by atoms with Crippen LogP contribution in [0.25, 0.3) is 0 Å². The fraction of sp³-hybridized carbons (Fsp3) is 0.909. The van der Waals surface area contributed by atoms with Crippen LogP contribution in [0.2, 0.25) is 0 Å². The van der Waals surface area contributed by atoms with Gasteiger partial charge in [-0.15, -0.1) is 11.8 Å². The Bertz CT molecular complexity index is 184. The Balaban J connectivity index is 2.65. The van der Waals surface area contributed by atoms with Crippen LogP contribution in [0.3, 0.4) is 0 Å². The molecule has 0 atom stereocenters. The summed E-state index contributed by atoms with van der Waals surface area (Å²) in [4.78, 5) is 11.3. The summed E-state index contributed by atoms with van der Waals surface area (Å²) < 4.78 is -0.463. The number of carbonyl (C=O) groups is 1. The lowest BCUT2D eigenvalue weighted by Crippen LogP contribution is -2.36. The van der Waals surface area contributed by atoms with Gasteiger partial charge in [-0.2, -0.15) is 0 Å². The highest BCUT2D eigenvalue weighted by atomic mass is 32.2. The maximum absolute atomic E-state index is 11.3. The lowest BCUT2D eigenvalue weighted by atomic mass is 9.90. The molecule has 1 rings (SSSR count). The minimum absolute atomic E-state index is 0.463. The number of carboxylic acids is 1. The van der Waals surface area contributed by atoms with E-state index in [4.69, 9.17) is 0 Å². The van der Waals surface area contributed by atoms with Crippen LogP contribution in [0.15, 0.2) is 0 Å². The van der Waals surface area contributed by atoms with E-state index in [1.165, 1.54) is 19.3 Å². The first-order valence-corrected chi connectivity index (χ1v) is 6.57. The summed E-state index contributed by atoms with van der Waals surface area (Å²) in [6.07, 6.45) is 7.59. The highest BCUT2D eigenvalue weighted by Gasteiger charge is 2.37. The van der Waals surface area contributed by atoms with E-state index in [9.17, 15) is 9.90 Å². The van der Waals surface area contributed by atoms with Gasteiger partial charge in [-0.05, 0) is 18.6 Å². The van der Waals surface area contributed by atoms with Gasteiger partial charge < -0.3 is 5.11 Å². The van der Waals surface area contributed by atoms with Gasteiger partial charge in [-0.25, -0.2) is 0 Å². The van der Waals surface area contributed by atoms with Crippen LogP contribution in [0.5, 0.6) is 0 Å². The van der Waals surface area contributed by atoms with Gasteiger partial charge >= 0.3 is 5.97 Å². The molecule has 0 amide bonds. The van der Waals surface area contributed by atoms with Crippen molar-refractivity contribution < 1.29 is 9.90 Å². The second-order valence-electron chi connectivity index (χ2n) is 4.00. The average molecular weight is 216 g/mol. The van der Waals surface area contributed by atoms with Crippen LogP contribution in [-0.2, 0) is 4.79 Å². The summed E-state index contributed by atoms with van der Waals surface area (Å²) in [5.74, 6) is 0.318. The van der Waals surface area contributed by atoms with Gasteiger partial charge in [0.05, 0.1) is 0 Å². The molecule has 0 unspecified atom stereocenters. The van der Waals surface area contributed by atoms with Gasteiger partial charge in [-0.1, -0.05) is 39.0 Å². The van der Waals surface area contributed by atoms with Crippen molar-refractivity contribution in [3.8, 4) is 0 Å². The molecule has 0 aromatic rings. The first-order chi connectivity index (χ1) is 6.71. The molecule has 2 nitrogen and oxygen atoms in total. The van der Waals surface area contributed by atoms with Crippen molar-refractivity contribution in [1.82, 2.24) is 0 Å². The fourth-order valence-electron chi connectivity index (χ4n) is 2.17. The molecular formula is C11H20O2S. The number of thioether (sulfide) groups is 1. The van der Waals surface area contributed by atoms with Crippen LogP contribution >= 0.6 is 11.8 Å². The minimum atomic E-state index is -0.591. The first-order valence-electron chi connectivity index (χ1n) is 5.58. The monoisotopic (exact) mass is 216 g/mol. The molecule has 0 aliphatic heterocycles. The normalized spacial score (nSPS) is 22.4. The molecule has 82 valence electrons. The van der Waals surface area contributed by atoms with Crippen molar-refractivity contribution in [3.63, 3.8) is 0 Å². The molecule has 14 heavy (non-hydrogen) atoms. The topological polar surface area (TPSA) is 37.3 Å². The number of rotatable bonds is 3. The Kier molecular flexibility index (Phi) is 4.79. The highest BCUT2D eigenvalue weighted by Crippen LogP contribution is 2.38. The molecule has 0 radical (unpaired) electrons. The zero-order valence-electron chi connectivity index (χ0n) is 8.92. The molecule has 1 aliphatic rings. The summed E-state index contributed by atoms with van der Waals surface area (Å²) in [6, 6.07) is 0. The zero-order chi connectivity index (χ0) is 10.4. The van der Waals surface area contributed by atoms with E-state index in [0.717, 1.165) is 31.4 Å². The molecule has 1 saturated carbocycles. The van der Waals surface area contributed by atoms with Gasteiger partial charge in [-0.3, -0.25) is 4.79 Å². The highest BCUT2D eigenvalue weighted by molar-refractivity contribution is 8.01. The molecule has 0 bridgehead atoms.